The molecule has 0 bridgehead atoms. The molecule has 1 aromatic carbocycles. The summed E-state index contributed by atoms with van der Waals surface area (Å²) in [6, 6.07) is 6.68. The summed E-state index contributed by atoms with van der Waals surface area (Å²) in [5.74, 6) is -0.727. The molecule has 3 amide bonds. The molecule has 140 valence electrons. The van der Waals surface area contributed by atoms with Crippen LogP contribution in [0.5, 0.6) is 0 Å². The van der Waals surface area contributed by atoms with E-state index in [0.717, 1.165) is 6.26 Å². The summed E-state index contributed by atoms with van der Waals surface area (Å²) in [6.07, 6.45) is 1.76. The van der Waals surface area contributed by atoms with Gasteiger partial charge in [0, 0.05) is 39.1 Å². The lowest BCUT2D eigenvalue weighted by atomic mass is 10.1. The Hall–Kier alpha value is -2.26. The molecule has 0 spiro atoms. The van der Waals surface area contributed by atoms with E-state index in [2.05, 4.69) is 0 Å². The number of sulfonamides is 1. The Morgan fingerprint density at radius 3 is 2.04 bits per heavy atom. The molecule has 2 heterocycles. The Morgan fingerprint density at radius 1 is 1.00 bits per heavy atom. The predicted octanol–water partition coefficient (Wildman–Crippen LogP) is 0.167. The molecule has 1 aromatic rings. The van der Waals surface area contributed by atoms with Gasteiger partial charge in [-0.3, -0.25) is 19.3 Å². The first-order chi connectivity index (χ1) is 12.3. The highest BCUT2D eigenvalue weighted by Crippen LogP contribution is 2.22. The van der Waals surface area contributed by atoms with E-state index in [1.54, 1.807) is 29.2 Å². The second-order valence-electron chi connectivity index (χ2n) is 6.45. The van der Waals surface area contributed by atoms with Gasteiger partial charge in [0.1, 0.15) is 0 Å². The van der Waals surface area contributed by atoms with Crippen molar-refractivity contribution >= 4 is 27.7 Å². The fourth-order valence-electron chi connectivity index (χ4n) is 3.26. The van der Waals surface area contributed by atoms with Crippen LogP contribution in [-0.2, 0) is 14.8 Å². The number of hydrogen-bond donors (Lipinski definition) is 0. The third-order valence-corrected chi connectivity index (χ3v) is 6.01. The number of amides is 3. The molecule has 3 rings (SSSR count). The largest absolute Gasteiger partial charge is 0.340 e. The second kappa shape index (κ2) is 7.16. The fraction of sp³-hybridized carbons (Fsp3) is 0.471. The molecule has 2 aliphatic rings. The van der Waals surface area contributed by atoms with Gasteiger partial charge in [0.2, 0.25) is 15.9 Å². The molecule has 2 aliphatic heterocycles. The van der Waals surface area contributed by atoms with E-state index in [0.29, 0.717) is 43.7 Å². The first kappa shape index (κ1) is 18.5. The third kappa shape index (κ3) is 3.63. The van der Waals surface area contributed by atoms with Gasteiger partial charge in [0.15, 0.2) is 0 Å². The van der Waals surface area contributed by atoms with Crippen molar-refractivity contribution in [3.63, 3.8) is 0 Å². The first-order valence-electron chi connectivity index (χ1n) is 8.47. The smallest absolute Gasteiger partial charge is 0.261 e. The summed E-state index contributed by atoms with van der Waals surface area (Å²) in [6.45, 7) is 1.51. The number of hydrogen-bond acceptors (Lipinski definition) is 5. The predicted molar refractivity (Wildman–Crippen MR) is 94.0 cm³/mol. The molecule has 0 unspecified atom stereocenters. The number of rotatable bonds is 5. The maximum Gasteiger partial charge on any atom is 0.261 e. The van der Waals surface area contributed by atoms with Crippen molar-refractivity contribution in [2.24, 2.45) is 0 Å². The average molecular weight is 379 g/mol. The molecular formula is C17H21N3O5S. The van der Waals surface area contributed by atoms with E-state index in [4.69, 9.17) is 0 Å². The summed E-state index contributed by atoms with van der Waals surface area (Å²) < 4.78 is 24.3. The van der Waals surface area contributed by atoms with Crippen molar-refractivity contribution < 1.29 is 22.8 Å². The summed E-state index contributed by atoms with van der Waals surface area (Å²) in [5, 5.41) is 0. The van der Waals surface area contributed by atoms with Crippen LogP contribution >= 0.6 is 0 Å². The summed E-state index contributed by atoms with van der Waals surface area (Å²) in [7, 11) is -3.23. The monoisotopic (exact) mass is 379 g/mol. The first-order valence-corrected chi connectivity index (χ1v) is 10.3. The molecule has 8 nitrogen and oxygen atoms in total. The molecule has 26 heavy (non-hydrogen) atoms. The zero-order valence-electron chi connectivity index (χ0n) is 14.6. The Bertz CT molecular complexity index is 809. The minimum atomic E-state index is -3.23. The van der Waals surface area contributed by atoms with Crippen molar-refractivity contribution in [1.29, 1.82) is 0 Å². The number of nitrogens with zero attached hydrogens (tertiary/aromatic N) is 3. The van der Waals surface area contributed by atoms with Gasteiger partial charge in [-0.05, 0) is 18.6 Å². The number of carbonyl (C=O) groups is 3. The molecule has 0 aromatic heterocycles. The van der Waals surface area contributed by atoms with Crippen molar-refractivity contribution in [1.82, 2.24) is 14.1 Å². The van der Waals surface area contributed by atoms with Crippen molar-refractivity contribution in [2.75, 3.05) is 39.0 Å². The minimum Gasteiger partial charge on any atom is -0.340 e. The van der Waals surface area contributed by atoms with Crippen LogP contribution in [0, 0.1) is 0 Å². The number of imide groups is 1. The van der Waals surface area contributed by atoms with Crippen LogP contribution in [0.15, 0.2) is 24.3 Å². The SMILES string of the molecule is CS(=O)(=O)N1CCN(C(=O)CCCN2C(=O)c3ccccc3C2=O)CC1. The number of benzene rings is 1. The van der Waals surface area contributed by atoms with E-state index >= 15 is 0 Å². The number of carbonyl (C=O) groups excluding carboxylic acids is 3. The molecule has 0 saturated carbocycles. The van der Waals surface area contributed by atoms with Crippen molar-refractivity contribution in [3.8, 4) is 0 Å². The van der Waals surface area contributed by atoms with Crippen LogP contribution < -0.4 is 0 Å². The van der Waals surface area contributed by atoms with Crippen LogP contribution in [-0.4, -0.2) is 79.2 Å². The Balaban J connectivity index is 1.48. The van der Waals surface area contributed by atoms with Gasteiger partial charge < -0.3 is 4.90 Å². The minimum absolute atomic E-state index is 0.0882. The lowest BCUT2D eigenvalue weighted by Gasteiger charge is -2.33. The van der Waals surface area contributed by atoms with Crippen molar-refractivity contribution in [3.05, 3.63) is 35.4 Å². The lowest BCUT2D eigenvalue weighted by molar-refractivity contribution is -0.132. The maximum atomic E-state index is 12.3. The van der Waals surface area contributed by atoms with Crippen molar-refractivity contribution in [2.45, 2.75) is 12.8 Å². The maximum absolute atomic E-state index is 12.3. The van der Waals surface area contributed by atoms with E-state index < -0.39 is 10.0 Å². The van der Waals surface area contributed by atoms with E-state index in [-0.39, 0.29) is 30.7 Å². The second-order valence-corrected chi connectivity index (χ2v) is 8.44. The zero-order valence-corrected chi connectivity index (χ0v) is 15.4. The third-order valence-electron chi connectivity index (χ3n) is 4.71. The molecule has 0 aliphatic carbocycles. The van der Waals surface area contributed by atoms with Crippen LogP contribution in [0.1, 0.15) is 33.6 Å². The van der Waals surface area contributed by atoms with Crippen LogP contribution in [0.3, 0.4) is 0 Å². The zero-order chi connectivity index (χ0) is 18.9. The summed E-state index contributed by atoms with van der Waals surface area (Å²) in [4.78, 5) is 39.6. The highest BCUT2D eigenvalue weighted by atomic mass is 32.2. The van der Waals surface area contributed by atoms with E-state index in [9.17, 15) is 22.8 Å². The van der Waals surface area contributed by atoms with Gasteiger partial charge in [-0.2, -0.15) is 4.31 Å². The van der Waals surface area contributed by atoms with Gasteiger partial charge in [-0.1, -0.05) is 12.1 Å². The Labute approximate surface area is 152 Å². The number of piperazine rings is 1. The van der Waals surface area contributed by atoms with Gasteiger partial charge in [-0.15, -0.1) is 0 Å². The molecule has 1 fully saturated rings. The molecule has 0 radical (unpaired) electrons. The van der Waals surface area contributed by atoms with Gasteiger partial charge in [-0.25, -0.2) is 8.42 Å². The molecular weight excluding hydrogens is 358 g/mol. The van der Waals surface area contributed by atoms with E-state index in [1.807, 2.05) is 0 Å². The summed E-state index contributed by atoms with van der Waals surface area (Å²) >= 11 is 0. The highest BCUT2D eigenvalue weighted by Gasteiger charge is 2.34. The normalized spacial score (nSPS) is 18.3. The van der Waals surface area contributed by atoms with Gasteiger partial charge in [0.05, 0.1) is 17.4 Å². The Morgan fingerprint density at radius 2 is 1.54 bits per heavy atom. The molecule has 0 atom stereocenters. The standard InChI is InChI=1S/C17H21N3O5S/c1-26(24,25)19-11-9-18(10-12-19)15(21)7-4-8-20-16(22)13-5-2-3-6-14(13)17(20)23/h2-3,5-6H,4,7-12H2,1H3. The van der Waals surface area contributed by atoms with Gasteiger partial charge >= 0.3 is 0 Å². The average Bonchev–Trinajstić information content (AvgIpc) is 2.86. The lowest BCUT2D eigenvalue weighted by Crippen LogP contribution is -2.50. The van der Waals surface area contributed by atoms with E-state index in [1.165, 1.54) is 9.21 Å². The molecule has 9 heteroatoms. The topological polar surface area (TPSA) is 95.1 Å². The summed E-state index contributed by atoms with van der Waals surface area (Å²) in [5.41, 5.74) is 0.807. The van der Waals surface area contributed by atoms with Crippen LogP contribution in [0.2, 0.25) is 0 Å². The number of fused-ring (bicyclic) bond motifs is 1. The quantitative estimate of drug-likeness (QED) is 0.680. The molecule has 0 N–H and O–H groups in total. The van der Waals surface area contributed by atoms with Gasteiger partial charge in [0.25, 0.3) is 11.8 Å². The van der Waals surface area contributed by atoms with Crippen LogP contribution in [0.25, 0.3) is 0 Å². The van der Waals surface area contributed by atoms with Crippen LogP contribution in [0.4, 0.5) is 0 Å². The Kier molecular flexibility index (Phi) is 5.10. The fourth-order valence-corrected chi connectivity index (χ4v) is 4.08. The highest BCUT2D eigenvalue weighted by molar-refractivity contribution is 7.88. The molecule has 1 saturated heterocycles.